The van der Waals surface area contributed by atoms with Crippen LogP contribution in [0.1, 0.15) is 27.0 Å². The average molecular weight is 393 g/mol. The molecule has 1 heterocycles. The van der Waals surface area contributed by atoms with E-state index in [0.717, 1.165) is 0 Å². The maximum atomic E-state index is 12.8. The zero-order valence-electron chi connectivity index (χ0n) is 15.4. The Kier molecular flexibility index (Phi) is 5.86. The van der Waals surface area contributed by atoms with Gasteiger partial charge in [-0.1, -0.05) is 24.3 Å². The number of nitrogens with one attached hydrogen (secondary N) is 2. The molecule has 0 saturated carbocycles. The van der Waals surface area contributed by atoms with E-state index in [0.29, 0.717) is 27.5 Å². The van der Waals surface area contributed by atoms with Crippen LogP contribution in [0, 0.1) is 0 Å². The maximum absolute atomic E-state index is 12.8. The summed E-state index contributed by atoms with van der Waals surface area (Å²) in [6.07, 6.45) is 0. The Morgan fingerprint density at radius 3 is 2.29 bits per heavy atom. The minimum absolute atomic E-state index is 0.178. The number of amides is 3. The lowest BCUT2D eigenvalue weighted by Gasteiger charge is -2.20. The molecule has 6 nitrogen and oxygen atoms in total. The average Bonchev–Trinajstić information content (AvgIpc) is 3.21. The number of para-hydroxylation sites is 1. The number of rotatable bonds is 5. The van der Waals surface area contributed by atoms with Gasteiger partial charge in [-0.2, -0.15) is 0 Å². The van der Waals surface area contributed by atoms with Crippen molar-refractivity contribution in [3.8, 4) is 0 Å². The molecule has 0 aliphatic heterocycles. The molecule has 142 valence electrons. The molecule has 3 aromatic rings. The van der Waals surface area contributed by atoms with Crippen molar-refractivity contribution in [1.29, 1.82) is 0 Å². The zero-order valence-corrected chi connectivity index (χ0v) is 16.2. The smallest absolute Gasteiger partial charge is 0.268 e. The van der Waals surface area contributed by atoms with E-state index in [1.807, 2.05) is 11.4 Å². The lowest BCUT2D eigenvalue weighted by Crippen LogP contribution is -2.28. The largest absolute Gasteiger partial charge is 0.326 e. The summed E-state index contributed by atoms with van der Waals surface area (Å²) in [5.74, 6) is -0.716. The van der Waals surface area contributed by atoms with Gasteiger partial charge in [0, 0.05) is 25.3 Å². The van der Waals surface area contributed by atoms with Crippen molar-refractivity contribution >= 4 is 46.1 Å². The van der Waals surface area contributed by atoms with Crippen molar-refractivity contribution in [2.45, 2.75) is 6.92 Å². The van der Waals surface area contributed by atoms with Crippen molar-refractivity contribution in [3.05, 3.63) is 76.5 Å². The highest BCUT2D eigenvalue weighted by atomic mass is 32.1. The van der Waals surface area contributed by atoms with Crippen molar-refractivity contribution in [2.24, 2.45) is 0 Å². The molecule has 3 rings (SSSR count). The van der Waals surface area contributed by atoms with Crippen LogP contribution in [0.25, 0.3) is 0 Å². The molecule has 0 bridgehead atoms. The van der Waals surface area contributed by atoms with Gasteiger partial charge in [0.2, 0.25) is 5.91 Å². The van der Waals surface area contributed by atoms with Crippen molar-refractivity contribution in [1.82, 2.24) is 0 Å². The lowest BCUT2D eigenvalue weighted by atomic mass is 10.1. The number of thiophene rings is 1. The van der Waals surface area contributed by atoms with Gasteiger partial charge in [0.1, 0.15) is 0 Å². The van der Waals surface area contributed by atoms with Gasteiger partial charge in [0.15, 0.2) is 0 Å². The predicted octanol–water partition coefficient (Wildman–Crippen LogP) is 4.24. The second-order valence-electron chi connectivity index (χ2n) is 6.07. The van der Waals surface area contributed by atoms with Crippen LogP contribution in [0.4, 0.5) is 17.1 Å². The number of benzene rings is 2. The first-order valence-corrected chi connectivity index (χ1v) is 9.43. The van der Waals surface area contributed by atoms with E-state index >= 15 is 0 Å². The summed E-state index contributed by atoms with van der Waals surface area (Å²) in [5.41, 5.74) is 2.01. The van der Waals surface area contributed by atoms with E-state index in [2.05, 4.69) is 10.6 Å². The Morgan fingerprint density at radius 1 is 0.893 bits per heavy atom. The second kappa shape index (κ2) is 8.49. The third kappa shape index (κ3) is 4.44. The fraction of sp³-hybridized carbons (Fsp3) is 0.0952. The van der Waals surface area contributed by atoms with Crippen LogP contribution in [-0.2, 0) is 4.79 Å². The molecule has 0 saturated heterocycles. The number of anilines is 3. The number of hydrogen-bond acceptors (Lipinski definition) is 4. The van der Waals surface area contributed by atoms with E-state index < -0.39 is 0 Å². The second-order valence-corrected chi connectivity index (χ2v) is 7.02. The maximum Gasteiger partial charge on any atom is 0.268 e. The van der Waals surface area contributed by atoms with Gasteiger partial charge in [0.05, 0.1) is 16.1 Å². The van der Waals surface area contributed by atoms with Crippen LogP contribution in [0.15, 0.2) is 66.0 Å². The molecule has 0 fully saturated rings. The van der Waals surface area contributed by atoms with Crippen molar-refractivity contribution < 1.29 is 14.4 Å². The number of carbonyl (C=O) groups excluding carboxylic acids is 3. The zero-order chi connectivity index (χ0) is 20.1. The standard InChI is InChI=1S/C21H19N3O3S/c1-14(25)22-15-7-5-8-16(13-15)23-20(26)17-9-3-4-10-18(17)24(2)21(27)19-11-6-12-28-19/h3-13H,1-2H3,(H,22,25)(H,23,26). The van der Waals surface area contributed by atoms with Crippen LogP contribution in [0.5, 0.6) is 0 Å². The Balaban J connectivity index is 1.83. The van der Waals surface area contributed by atoms with Gasteiger partial charge in [-0.15, -0.1) is 11.3 Å². The Morgan fingerprint density at radius 2 is 1.61 bits per heavy atom. The minimum Gasteiger partial charge on any atom is -0.326 e. The molecule has 0 spiro atoms. The highest BCUT2D eigenvalue weighted by Crippen LogP contribution is 2.24. The van der Waals surface area contributed by atoms with E-state index in [4.69, 9.17) is 0 Å². The van der Waals surface area contributed by atoms with Gasteiger partial charge in [-0.05, 0) is 41.8 Å². The summed E-state index contributed by atoms with van der Waals surface area (Å²) in [6.45, 7) is 1.42. The molecule has 0 aliphatic carbocycles. The fourth-order valence-electron chi connectivity index (χ4n) is 2.71. The van der Waals surface area contributed by atoms with Crippen LogP contribution in [-0.4, -0.2) is 24.8 Å². The highest BCUT2D eigenvalue weighted by Gasteiger charge is 2.20. The number of nitrogens with zero attached hydrogens (tertiary/aromatic N) is 1. The molecule has 0 radical (unpaired) electrons. The highest BCUT2D eigenvalue weighted by molar-refractivity contribution is 7.12. The van der Waals surface area contributed by atoms with Crippen LogP contribution >= 0.6 is 11.3 Å². The first-order valence-electron chi connectivity index (χ1n) is 8.55. The summed E-state index contributed by atoms with van der Waals surface area (Å²) in [6, 6.07) is 17.4. The molecule has 7 heteroatoms. The monoisotopic (exact) mass is 393 g/mol. The van der Waals surface area contributed by atoms with Gasteiger partial charge >= 0.3 is 0 Å². The normalized spacial score (nSPS) is 10.2. The molecule has 0 unspecified atom stereocenters. The summed E-state index contributed by atoms with van der Waals surface area (Å²) in [4.78, 5) is 38.8. The van der Waals surface area contributed by atoms with E-state index in [9.17, 15) is 14.4 Å². The molecule has 2 N–H and O–H groups in total. The van der Waals surface area contributed by atoms with Crippen LogP contribution in [0.3, 0.4) is 0 Å². The third-order valence-corrected chi connectivity index (χ3v) is 4.85. The minimum atomic E-state index is -0.346. The molecule has 0 aliphatic rings. The molecule has 28 heavy (non-hydrogen) atoms. The predicted molar refractivity (Wildman–Crippen MR) is 112 cm³/mol. The molecule has 3 amide bonds. The fourth-order valence-corrected chi connectivity index (χ4v) is 3.41. The molecule has 2 aromatic carbocycles. The number of hydrogen-bond donors (Lipinski definition) is 2. The summed E-state index contributed by atoms with van der Waals surface area (Å²) in [7, 11) is 1.64. The van der Waals surface area contributed by atoms with Gasteiger partial charge in [-0.25, -0.2) is 0 Å². The Bertz CT molecular complexity index is 1020. The van der Waals surface area contributed by atoms with E-state index in [1.54, 1.807) is 61.6 Å². The van der Waals surface area contributed by atoms with Gasteiger partial charge in [-0.3, -0.25) is 14.4 Å². The first-order chi connectivity index (χ1) is 13.5. The third-order valence-electron chi connectivity index (χ3n) is 3.99. The summed E-state index contributed by atoms with van der Waals surface area (Å²) >= 11 is 1.35. The first kappa shape index (κ1) is 19.3. The molecular formula is C21H19N3O3S. The van der Waals surface area contributed by atoms with Gasteiger partial charge < -0.3 is 15.5 Å². The lowest BCUT2D eigenvalue weighted by molar-refractivity contribution is -0.114. The summed E-state index contributed by atoms with van der Waals surface area (Å²) in [5, 5.41) is 7.33. The molecular weight excluding hydrogens is 374 g/mol. The van der Waals surface area contributed by atoms with Crippen LogP contribution < -0.4 is 15.5 Å². The molecule has 0 atom stereocenters. The van der Waals surface area contributed by atoms with Gasteiger partial charge in [0.25, 0.3) is 11.8 Å². The summed E-state index contributed by atoms with van der Waals surface area (Å²) < 4.78 is 0. The Hall–Kier alpha value is -3.45. The Labute approximate surface area is 166 Å². The number of carbonyl (C=O) groups is 3. The molecule has 1 aromatic heterocycles. The van der Waals surface area contributed by atoms with E-state index in [1.165, 1.54) is 23.2 Å². The SMILES string of the molecule is CC(=O)Nc1cccc(NC(=O)c2ccccc2N(C)C(=O)c2cccs2)c1. The topological polar surface area (TPSA) is 78.5 Å². The van der Waals surface area contributed by atoms with E-state index in [-0.39, 0.29) is 17.7 Å². The van der Waals surface area contributed by atoms with Crippen molar-refractivity contribution in [2.75, 3.05) is 22.6 Å². The quantitative estimate of drug-likeness (QED) is 0.681. The van der Waals surface area contributed by atoms with Crippen LogP contribution in [0.2, 0.25) is 0 Å². The van der Waals surface area contributed by atoms with Crippen molar-refractivity contribution in [3.63, 3.8) is 0 Å².